The Labute approximate surface area is 95.4 Å². The number of anilines is 2. The van der Waals surface area contributed by atoms with Gasteiger partial charge in [-0.3, -0.25) is 4.79 Å². The first kappa shape index (κ1) is 12.3. The van der Waals surface area contributed by atoms with E-state index in [2.05, 4.69) is 11.9 Å². The van der Waals surface area contributed by atoms with Crippen molar-refractivity contribution in [2.45, 2.75) is 19.8 Å². The van der Waals surface area contributed by atoms with Gasteiger partial charge in [-0.2, -0.15) is 0 Å². The largest absolute Gasteiger partial charge is 0.382 e. The zero-order chi connectivity index (χ0) is 12.0. The number of nitrogen functional groups attached to an aromatic ring is 1. The molecule has 1 aromatic heterocycles. The van der Waals surface area contributed by atoms with E-state index in [1.54, 1.807) is 12.3 Å². The van der Waals surface area contributed by atoms with Crippen molar-refractivity contribution in [1.29, 1.82) is 0 Å². The monoisotopic (exact) mass is 222 g/mol. The van der Waals surface area contributed by atoms with Crippen LogP contribution in [0.15, 0.2) is 18.3 Å². The summed E-state index contributed by atoms with van der Waals surface area (Å²) in [6, 6.07) is 3.65. The van der Waals surface area contributed by atoms with Gasteiger partial charge in [0.15, 0.2) is 0 Å². The van der Waals surface area contributed by atoms with Crippen molar-refractivity contribution in [2.24, 2.45) is 5.73 Å². The number of nitrogens with zero attached hydrogens (tertiary/aromatic N) is 2. The molecule has 5 nitrogen and oxygen atoms in total. The molecule has 0 spiro atoms. The zero-order valence-electron chi connectivity index (χ0n) is 9.52. The molecule has 1 heterocycles. The molecule has 1 rings (SSSR count). The summed E-state index contributed by atoms with van der Waals surface area (Å²) in [5, 5.41) is 0. The minimum Gasteiger partial charge on any atom is -0.382 e. The highest BCUT2D eigenvalue weighted by Gasteiger charge is 2.11. The molecule has 0 aromatic carbocycles. The third-order valence-electron chi connectivity index (χ3n) is 2.29. The second-order valence-electron chi connectivity index (χ2n) is 3.65. The number of pyridine rings is 1. The van der Waals surface area contributed by atoms with Crippen LogP contribution in [-0.4, -0.2) is 24.0 Å². The van der Waals surface area contributed by atoms with Gasteiger partial charge in [0.05, 0.1) is 12.2 Å². The van der Waals surface area contributed by atoms with Gasteiger partial charge in [0.2, 0.25) is 5.91 Å². The maximum Gasteiger partial charge on any atom is 0.236 e. The molecule has 1 aromatic rings. The molecule has 5 heteroatoms. The summed E-state index contributed by atoms with van der Waals surface area (Å²) < 4.78 is 0. The summed E-state index contributed by atoms with van der Waals surface area (Å²) in [6.07, 6.45) is 3.66. The van der Waals surface area contributed by atoms with Crippen LogP contribution in [0.3, 0.4) is 0 Å². The molecule has 16 heavy (non-hydrogen) atoms. The van der Waals surface area contributed by atoms with E-state index in [0.717, 1.165) is 25.1 Å². The van der Waals surface area contributed by atoms with Gasteiger partial charge in [0.25, 0.3) is 0 Å². The topological polar surface area (TPSA) is 85.2 Å². The van der Waals surface area contributed by atoms with Gasteiger partial charge < -0.3 is 16.4 Å². The Hall–Kier alpha value is -1.78. The van der Waals surface area contributed by atoms with Crippen molar-refractivity contribution in [1.82, 2.24) is 4.98 Å². The van der Waals surface area contributed by atoms with Crippen LogP contribution in [0.5, 0.6) is 0 Å². The maximum atomic E-state index is 11.0. The number of carbonyl (C=O) groups excluding carboxylic acids is 1. The van der Waals surface area contributed by atoms with Gasteiger partial charge in [-0.05, 0) is 18.6 Å². The van der Waals surface area contributed by atoms with E-state index >= 15 is 0 Å². The van der Waals surface area contributed by atoms with Gasteiger partial charge in [-0.1, -0.05) is 13.3 Å². The van der Waals surface area contributed by atoms with Crippen LogP contribution in [0.2, 0.25) is 0 Å². The van der Waals surface area contributed by atoms with Gasteiger partial charge in [-0.25, -0.2) is 4.98 Å². The zero-order valence-corrected chi connectivity index (χ0v) is 9.52. The van der Waals surface area contributed by atoms with Crippen LogP contribution < -0.4 is 16.4 Å². The first-order valence-corrected chi connectivity index (χ1v) is 5.39. The molecule has 0 aliphatic heterocycles. The molecule has 0 aliphatic rings. The van der Waals surface area contributed by atoms with Crippen LogP contribution in [0.1, 0.15) is 19.8 Å². The predicted octanol–water partition coefficient (Wildman–Crippen LogP) is 0.756. The van der Waals surface area contributed by atoms with Crippen molar-refractivity contribution in [3.05, 3.63) is 18.3 Å². The lowest BCUT2D eigenvalue weighted by Gasteiger charge is -2.23. The van der Waals surface area contributed by atoms with Crippen molar-refractivity contribution in [2.75, 3.05) is 23.7 Å². The minimum absolute atomic E-state index is 0.176. The number of unbranched alkanes of at least 4 members (excludes halogenated alkanes) is 1. The standard InChI is InChI=1S/C11H18N4O/c1-2-3-7-15(8-10(12)16)9-5-4-6-14-11(9)13/h4-6H,2-3,7-8H2,1H3,(H2,12,16)(H2,13,14). The molecule has 0 atom stereocenters. The highest BCUT2D eigenvalue weighted by Crippen LogP contribution is 2.20. The third kappa shape index (κ3) is 3.42. The van der Waals surface area contributed by atoms with Gasteiger partial charge >= 0.3 is 0 Å². The number of hydrogen-bond donors (Lipinski definition) is 2. The Kier molecular flexibility index (Phi) is 4.57. The van der Waals surface area contributed by atoms with E-state index in [-0.39, 0.29) is 12.5 Å². The summed E-state index contributed by atoms with van der Waals surface area (Å²) in [5.74, 6) is 0.0687. The summed E-state index contributed by atoms with van der Waals surface area (Å²) >= 11 is 0. The molecule has 0 saturated carbocycles. The molecule has 1 amide bonds. The summed E-state index contributed by atoms with van der Waals surface area (Å²) in [6.45, 7) is 3.03. The number of primary amides is 1. The molecule has 0 radical (unpaired) electrons. The second kappa shape index (κ2) is 5.95. The van der Waals surface area contributed by atoms with E-state index < -0.39 is 0 Å². The van der Waals surface area contributed by atoms with Gasteiger partial charge in [0, 0.05) is 12.7 Å². The number of hydrogen-bond acceptors (Lipinski definition) is 4. The molecule has 0 aliphatic carbocycles. The van der Waals surface area contributed by atoms with Crippen LogP contribution >= 0.6 is 0 Å². The molecular formula is C11H18N4O. The molecule has 88 valence electrons. The van der Waals surface area contributed by atoms with Gasteiger partial charge in [0.1, 0.15) is 5.82 Å². The van der Waals surface area contributed by atoms with E-state index in [0.29, 0.717) is 5.82 Å². The fourth-order valence-corrected chi connectivity index (χ4v) is 1.50. The SMILES string of the molecule is CCCCN(CC(N)=O)c1cccnc1N. The Morgan fingerprint density at radius 1 is 1.56 bits per heavy atom. The van der Waals surface area contributed by atoms with Crippen molar-refractivity contribution >= 4 is 17.4 Å². The van der Waals surface area contributed by atoms with Crippen molar-refractivity contribution in [3.8, 4) is 0 Å². The van der Waals surface area contributed by atoms with Crippen LogP contribution in [0.25, 0.3) is 0 Å². The molecule has 0 saturated heterocycles. The lowest BCUT2D eigenvalue weighted by molar-refractivity contribution is -0.116. The number of aromatic nitrogens is 1. The molecule has 0 unspecified atom stereocenters. The van der Waals surface area contributed by atoms with Crippen LogP contribution in [0, 0.1) is 0 Å². The average molecular weight is 222 g/mol. The summed E-state index contributed by atoms with van der Waals surface area (Å²) in [4.78, 5) is 16.8. The number of amides is 1. The minimum atomic E-state index is -0.362. The lowest BCUT2D eigenvalue weighted by Crippen LogP contribution is -2.35. The van der Waals surface area contributed by atoms with Crippen molar-refractivity contribution in [3.63, 3.8) is 0 Å². The Bertz CT molecular complexity index is 354. The molecular weight excluding hydrogens is 204 g/mol. The van der Waals surface area contributed by atoms with E-state index in [4.69, 9.17) is 11.5 Å². The second-order valence-corrected chi connectivity index (χ2v) is 3.65. The fourth-order valence-electron chi connectivity index (χ4n) is 1.50. The fraction of sp³-hybridized carbons (Fsp3) is 0.455. The quantitative estimate of drug-likeness (QED) is 0.744. The first-order chi connectivity index (χ1) is 7.65. The Balaban J connectivity index is 2.82. The van der Waals surface area contributed by atoms with Crippen molar-refractivity contribution < 1.29 is 4.79 Å². The smallest absolute Gasteiger partial charge is 0.236 e. The van der Waals surface area contributed by atoms with E-state index in [1.165, 1.54) is 0 Å². The summed E-state index contributed by atoms with van der Waals surface area (Å²) in [5.41, 5.74) is 11.7. The normalized spacial score (nSPS) is 10.1. The Morgan fingerprint density at radius 2 is 2.31 bits per heavy atom. The highest BCUT2D eigenvalue weighted by atomic mass is 16.1. The number of nitrogens with two attached hydrogens (primary N) is 2. The first-order valence-electron chi connectivity index (χ1n) is 5.39. The predicted molar refractivity (Wildman–Crippen MR) is 65.0 cm³/mol. The average Bonchev–Trinajstić information content (AvgIpc) is 2.24. The van der Waals surface area contributed by atoms with Gasteiger partial charge in [-0.15, -0.1) is 0 Å². The number of carbonyl (C=O) groups is 1. The molecule has 0 bridgehead atoms. The maximum absolute atomic E-state index is 11.0. The lowest BCUT2D eigenvalue weighted by atomic mass is 10.2. The van der Waals surface area contributed by atoms with Crippen LogP contribution in [0.4, 0.5) is 11.5 Å². The highest BCUT2D eigenvalue weighted by molar-refractivity contribution is 5.80. The van der Waals surface area contributed by atoms with Crippen LogP contribution in [-0.2, 0) is 4.79 Å². The third-order valence-corrected chi connectivity index (χ3v) is 2.29. The van der Waals surface area contributed by atoms with E-state index in [9.17, 15) is 4.79 Å². The summed E-state index contributed by atoms with van der Waals surface area (Å²) in [7, 11) is 0. The Morgan fingerprint density at radius 3 is 2.88 bits per heavy atom. The molecule has 4 N–H and O–H groups in total. The number of rotatable bonds is 6. The van der Waals surface area contributed by atoms with E-state index in [1.807, 2.05) is 11.0 Å². The molecule has 0 fully saturated rings.